The number of rotatable bonds is 8. The molecule has 0 heterocycles. The van der Waals surface area contributed by atoms with E-state index in [1.54, 1.807) is 0 Å². The van der Waals surface area contributed by atoms with Crippen molar-refractivity contribution in [2.24, 2.45) is 0 Å². The monoisotopic (exact) mass is 266 g/mol. The number of alkyl halides is 3. The fourth-order valence-electron chi connectivity index (χ4n) is 0.618. The van der Waals surface area contributed by atoms with E-state index in [4.69, 9.17) is 34.8 Å². The van der Waals surface area contributed by atoms with E-state index in [-0.39, 0.29) is 0 Å². The van der Waals surface area contributed by atoms with Gasteiger partial charge in [0.15, 0.2) is 0 Å². The zero-order valence-electron chi connectivity index (χ0n) is 6.77. The van der Waals surface area contributed by atoms with Crippen molar-refractivity contribution in [3.63, 3.8) is 0 Å². The van der Waals surface area contributed by atoms with Crippen molar-refractivity contribution in [3.8, 4) is 0 Å². The molecule has 0 radical (unpaired) electrons. The molecule has 0 saturated heterocycles. The minimum absolute atomic E-state index is 0.527. The standard InChI is InChI=1S/C7H13Cl3S2/c8-1-3-11-6-7(5-10)12-4-2-9/h7H,1-6H2. The van der Waals surface area contributed by atoms with Crippen molar-refractivity contribution >= 4 is 58.3 Å². The molecule has 1 unspecified atom stereocenters. The first-order valence-electron chi connectivity index (χ1n) is 3.72. The SMILES string of the molecule is ClCCSCC(CCl)SCCCl. The van der Waals surface area contributed by atoms with E-state index in [1.807, 2.05) is 23.5 Å². The Morgan fingerprint density at radius 3 is 2.17 bits per heavy atom. The number of hydrogen-bond acceptors (Lipinski definition) is 2. The van der Waals surface area contributed by atoms with Crippen LogP contribution in [0.4, 0.5) is 0 Å². The molecule has 5 heteroatoms. The number of thioether (sulfide) groups is 2. The highest BCUT2D eigenvalue weighted by Crippen LogP contribution is 2.18. The molecular weight excluding hydrogens is 255 g/mol. The van der Waals surface area contributed by atoms with Crippen LogP contribution in [0.25, 0.3) is 0 Å². The Kier molecular flexibility index (Phi) is 12.0. The topological polar surface area (TPSA) is 0 Å². The van der Waals surface area contributed by atoms with Crippen molar-refractivity contribution in [3.05, 3.63) is 0 Å². The molecule has 0 N–H and O–H groups in total. The van der Waals surface area contributed by atoms with Gasteiger partial charge in [-0.1, -0.05) is 0 Å². The first-order chi connectivity index (χ1) is 5.85. The van der Waals surface area contributed by atoms with Crippen LogP contribution in [0.3, 0.4) is 0 Å². The van der Waals surface area contributed by atoms with E-state index in [0.717, 1.165) is 23.1 Å². The highest BCUT2D eigenvalue weighted by molar-refractivity contribution is 8.03. The molecule has 74 valence electrons. The Labute approximate surface area is 98.1 Å². The first-order valence-corrected chi connectivity index (χ1v) is 7.53. The van der Waals surface area contributed by atoms with E-state index in [2.05, 4.69) is 0 Å². The molecule has 0 aliphatic carbocycles. The molecule has 0 aromatic rings. The second-order valence-corrected chi connectivity index (χ2v) is 5.72. The normalized spacial score (nSPS) is 13.2. The molecule has 0 fully saturated rings. The van der Waals surface area contributed by atoms with Gasteiger partial charge in [0.05, 0.1) is 0 Å². The second kappa shape index (κ2) is 10.6. The quantitative estimate of drug-likeness (QED) is 0.487. The zero-order chi connectivity index (χ0) is 9.23. The van der Waals surface area contributed by atoms with Crippen LogP contribution in [0.1, 0.15) is 0 Å². The van der Waals surface area contributed by atoms with Gasteiger partial charge in [-0.25, -0.2) is 0 Å². The van der Waals surface area contributed by atoms with Crippen LogP contribution >= 0.6 is 58.3 Å². The van der Waals surface area contributed by atoms with Crippen molar-refractivity contribution in [1.29, 1.82) is 0 Å². The number of halogens is 3. The van der Waals surface area contributed by atoms with Crippen molar-refractivity contribution in [2.75, 3.05) is 34.9 Å². The third kappa shape index (κ3) is 8.18. The van der Waals surface area contributed by atoms with E-state index in [9.17, 15) is 0 Å². The maximum Gasteiger partial charge on any atom is 0.0350 e. The summed E-state index contributed by atoms with van der Waals surface area (Å²) in [5.41, 5.74) is 0. The van der Waals surface area contributed by atoms with E-state index in [1.165, 1.54) is 0 Å². The average molecular weight is 268 g/mol. The molecule has 0 aliphatic heterocycles. The maximum atomic E-state index is 5.77. The first kappa shape index (κ1) is 13.6. The molecule has 12 heavy (non-hydrogen) atoms. The van der Waals surface area contributed by atoms with Crippen LogP contribution in [0.2, 0.25) is 0 Å². The Hall–Kier alpha value is 1.57. The van der Waals surface area contributed by atoms with E-state index < -0.39 is 0 Å². The molecule has 0 aromatic heterocycles. The third-order valence-electron chi connectivity index (χ3n) is 1.13. The van der Waals surface area contributed by atoms with Crippen LogP contribution in [0.15, 0.2) is 0 Å². The van der Waals surface area contributed by atoms with Gasteiger partial charge in [0.1, 0.15) is 0 Å². The summed E-state index contributed by atoms with van der Waals surface area (Å²) in [6.07, 6.45) is 0. The highest BCUT2D eigenvalue weighted by Gasteiger charge is 2.06. The molecule has 0 spiro atoms. The summed E-state index contributed by atoms with van der Waals surface area (Å²) in [5.74, 6) is 5.21. The molecule has 0 nitrogen and oxygen atoms in total. The lowest BCUT2D eigenvalue weighted by molar-refractivity contribution is 1.14. The summed E-state index contributed by atoms with van der Waals surface area (Å²) in [6, 6.07) is 0. The average Bonchev–Trinajstić information content (AvgIpc) is 2.11. The van der Waals surface area contributed by atoms with Gasteiger partial charge in [-0.15, -0.1) is 34.8 Å². The Morgan fingerprint density at radius 2 is 1.67 bits per heavy atom. The van der Waals surface area contributed by atoms with Crippen LogP contribution in [-0.2, 0) is 0 Å². The van der Waals surface area contributed by atoms with Crippen LogP contribution in [0, 0.1) is 0 Å². The lowest BCUT2D eigenvalue weighted by Gasteiger charge is -2.11. The molecular formula is C7H13Cl3S2. The molecule has 0 amide bonds. The lowest BCUT2D eigenvalue weighted by Crippen LogP contribution is -2.10. The van der Waals surface area contributed by atoms with Gasteiger partial charge in [-0.3, -0.25) is 0 Å². The fraction of sp³-hybridized carbons (Fsp3) is 1.00. The summed E-state index contributed by atoms with van der Waals surface area (Å²) in [6.45, 7) is 0. The van der Waals surface area contributed by atoms with Crippen molar-refractivity contribution in [1.82, 2.24) is 0 Å². The Morgan fingerprint density at radius 1 is 1.00 bits per heavy atom. The second-order valence-electron chi connectivity index (χ2n) is 2.10. The predicted molar refractivity (Wildman–Crippen MR) is 65.7 cm³/mol. The van der Waals surface area contributed by atoms with Gasteiger partial charge < -0.3 is 0 Å². The van der Waals surface area contributed by atoms with Gasteiger partial charge >= 0.3 is 0 Å². The Bertz CT molecular complexity index is 92.7. The smallest absolute Gasteiger partial charge is 0.0350 e. The van der Waals surface area contributed by atoms with Crippen LogP contribution < -0.4 is 0 Å². The summed E-state index contributed by atoms with van der Waals surface area (Å²) in [4.78, 5) is 0. The van der Waals surface area contributed by atoms with Crippen molar-refractivity contribution in [2.45, 2.75) is 5.25 Å². The summed E-state index contributed by atoms with van der Waals surface area (Å²) in [7, 11) is 0. The molecule has 1 atom stereocenters. The van der Waals surface area contributed by atoms with Gasteiger partial charge in [0.2, 0.25) is 0 Å². The van der Waals surface area contributed by atoms with Crippen molar-refractivity contribution < 1.29 is 0 Å². The van der Waals surface area contributed by atoms with Crippen LogP contribution in [0.5, 0.6) is 0 Å². The predicted octanol–water partition coefficient (Wildman–Crippen LogP) is 3.54. The van der Waals surface area contributed by atoms with E-state index >= 15 is 0 Å². The molecule has 0 bridgehead atoms. The van der Waals surface area contributed by atoms with Gasteiger partial charge in [-0.05, 0) is 0 Å². The maximum absolute atomic E-state index is 5.77. The third-order valence-corrected chi connectivity index (χ3v) is 5.10. The lowest BCUT2D eigenvalue weighted by atomic mass is 10.6. The largest absolute Gasteiger partial charge is 0.160 e. The molecule has 0 aromatic carbocycles. The van der Waals surface area contributed by atoms with Gasteiger partial charge in [-0.2, -0.15) is 23.5 Å². The molecule has 0 saturated carbocycles. The minimum Gasteiger partial charge on any atom is -0.160 e. The van der Waals surface area contributed by atoms with Gasteiger partial charge in [0.25, 0.3) is 0 Å². The summed E-state index contributed by atoms with van der Waals surface area (Å²) < 4.78 is 0. The zero-order valence-corrected chi connectivity index (χ0v) is 10.7. The summed E-state index contributed by atoms with van der Waals surface area (Å²) >= 11 is 20.6. The fourth-order valence-corrected chi connectivity index (χ4v) is 3.56. The number of hydrogen-bond donors (Lipinski definition) is 0. The van der Waals surface area contributed by atoms with Gasteiger partial charge in [0, 0.05) is 40.1 Å². The van der Waals surface area contributed by atoms with Crippen LogP contribution in [-0.4, -0.2) is 40.1 Å². The molecule has 0 rings (SSSR count). The highest BCUT2D eigenvalue weighted by atomic mass is 35.5. The van der Waals surface area contributed by atoms with E-state index in [0.29, 0.717) is 17.0 Å². The minimum atomic E-state index is 0.527. The summed E-state index contributed by atoms with van der Waals surface area (Å²) in [5, 5.41) is 0.527. The Balaban J connectivity index is 3.26. The molecule has 0 aliphatic rings.